The summed E-state index contributed by atoms with van der Waals surface area (Å²) in [6, 6.07) is 10.8. The summed E-state index contributed by atoms with van der Waals surface area (Å²) in [5.74, 6) is 0.860. The van der Waals surface area contributed by atoms with Crippen molar-refractivity contribution in [1.29, 1.82) is 0 Å². The average Bonchev–Trinajstić information content (AvgIpc) is 3.06. The highest BCUT2D eigenvalue weighted by atomic mass is 16.4. The molecule has 0 saturated carbocycles. The number of aromatic carboxylic acids is 1. The maximum atomic E-state index is 11.4. The molecule has 0 atom stereocenters. The maximum Gasteiger partial charge on any atom is 0.336 e. The molecule has 0 fully saturated rings. The molecule has 2 aromatic heterocycles. The summed E-state index contributed by atoms with van der Waals surface area (Å²) < 4.78 is 1.93. The summed E-state index contributed by atoms with van der Waals surface area (Å²) in [6.45, 7) is 8.99. The quantitative estimate of drug-likeness (QED) is 0.690. The molecule has 1 aromatic carbocycles. The van der Waals surface area contributed by atoms with Crippen LogP contribution in [0.2, 0.25) is 0 Å². The van der Waals surface area contributed by atoms with Gasteiger partial charge in [0.1, 0.15) is 5.82 Å². The third kappa shape index (κ3) is 4.27. The number of carbonyl (C=O) groups is 1. The number of aromatic nitrogens is 4. The molecule has 0 saturated heterocycles. The summed E-state index contributed by atoms with van der Waals surface area (Å²) in [5.41, 5.74) is 2.47. The monoisotopic (exact) mass is 378 g/mol. The van der Waals surface area contributed by atoms with Crippen LogP contribution in [0.25, 0.3) is 11.1 Å². The Labute approximate surface area is 165 Å². The molecular formula is C22H26N4O2. The Morgan fingerprint density at radius 3 is 2.50 bits per heavy atom. The molecule has 6 nitrogen and oxygen atoms in total. The van der Waals surface area contributed by atoms with Crippen LogP contribution in [-0.2, 0) is 18.4 Å². The van der Waals surface area contributed by atoms with Crippen molar-refractivity contribution in [3.05, 3.63) is 65.5 Å². The van der Waals surface area contributed by atoms with Gasteiger partial charge in [0.2, 0.25) is 0 Å². The van der Waals surface area contributed by atoms with Gasteiger partial charge in [-0.2, -0.15) is 5.10 Å². The zero-order chi connectivity index (χ0) is 20.3. The predicted octanol–water partition coefficient (Wildman–Crippen LogP) is 4.34. The second-order valence-corrected chi connectivity index (χ2v) is 7.90. The number of aryl methyl sites for hydroxylation is 1. The standard InChI is InChI=1S/C22H26N4O2/c1-5-8-19-24-21(22(2,3)4)25-26(19)14-16-12-11-15(13-23-16)17-9-6-7-10-18(17)20(27)28/h6-7,9-13H,5,8,14H2,1-4H3,(H,27,28). The molecule has 2 heterocycles. The molecule has 0 spiro atoms. The van der Waals surface area contributed by atoms with Gasteiger partial charge in [0.05, 0.1) is 17.8 Å². The van der Waals surface area contributed by atoms with Gasteiger partial charge in [-0.05, 0) is 24.1 Å². The van der Waals surface area contributed by atoms with Gasteiger partial charge in [-0.25, -0.2) is 14.5 Å². The van der Waals surface area contributed by atoms with Gasteiger partial charge >= 0.3 is 5.97 Å². The summed E-state index contributed by atoms with van der Waals surface area (Å²) >= 11 is 0. The molecule has 0 aliphatic rings. The fourth-order valence-electron chi connectivity index (χ4n) is 2.98. The number of hydrogen-bond donors (Lipinski definition) is 1. The SMILES string of the molecule is CCCc1nc(C(C)(C)C)nn1Cc1ccc(-c2ccccc2C(=O)O)cn1. The highest BCUT2D eigenvalue weighted by Gasteiger charge is 2.21. The van der Waals surface area contributed by atoms with Crippen molar-refractivity contribution in [3.63, 3.8) is 0 Å². The minimum Gasteiger partial charge on any atom is -0.478 e. The van der Waals surface area contributed by atoms with E-state index >= 15 is 0 Å². The number of carboxylic acid groups (broad SMARTS) is 1. The third-order valence-corrected chi connectivity index (χ3v) is 4.50. The van der Waals surface area contributed by atoms with Crippen LogP contribution >= 0.6 is 0 Å². The van der Waals surface area contributed by atoms with E-state index in [1.165, 1.54) is 0 Å². The smallest absolute Gasteiger partial charge is 0.336 e. The minimum absolute atomic E-state index is 0.106. The molecule has 0 unspecified atom stereocenters. The second kappa shape index (κ2) is 7.92. The predicted molar refractivity (Wildman–Crippen MR) is 108 cm³/mol. The third-order valence-electron chi connectivity index (χ3n) is 4.50. The van der Waals surface area contributed by atoms with E-state index in [0.29, 0.717) is 12.1 Å². The average molecular weight is 378 g/mol. The molecule has 0 bridgehead atoms. The van der Waals surface area contributed by atoms with Crippen LogP contribution in [0.5, 0.6) is 0 Å². The largest absolute Gasteiger partial charge is 0.478 e. The molecule has 0 radical (unpaired) electrons. The summed E-state index contributed by atoms with van der Waals surface area (Å²) in [4.78, 5) is 20.7. The minimum atomic E-state index is -0.943. The lowest BCUT2D eigenvalue weighted by atomic mass is 9.96. The Balaban J connectivity index is 1.88. The van der Waals surface area contributed by atoms with E-state index in [2.05, 4.69) is 32.7 Å². The van der Waals surface area contributed by atoms with Gasteiger partial charge in [-0.1, -0.05) is 52.0 Å². The molecule has 28 heavy (non-hydrogen) atoms. The van der Waals surface area contributed by atoms with E-state index < -0.39 is 5.97 Å². The number of pyridine rings is 1. The molecule has 0 aliphatic heterocycles. The molecule has 6 heteroatoms. The second-order valence-electron chi connectivity index (χ2n) is 7.90. The van der Waals surface area contributed by atoms with E-state index in [0.717, 1.165) is 35.7 Å². The van der Waals surface area contributed by atoms with Crippen molar-refractivity contribution in [2.24, 2.45) is 0 Å². The Hall–Kier alpha value is -3.02. The van der Waals surface area contributed by atoms with Crippen molar-refractivity contribution < 1.29 is 9.90 Å². The van der Waals surface area contributed by atoms with Gasteiger partial charge in [0.25, 0.3) is 0 Å². The van der Waals surface area contributed by atoms with Crippen LogP contribution in [0.15, 0.2) is 42.6 Å². The van der Waals surface area contributed by atoms with E-state index in [-0.39, 0.29) is 11.0 Å². The number of nitrogens with zero attached hydrogens (tertiary/aromatic N) is 4. The fourth-order valence-corrected chi connectivity index (χ4v) is 2.98. The van der Waals surface area contributed by atoms with Crippen LogP contribution < -0.4 is 0 Å². The first-order chi connectivity index (χ1) is 13.3. The molecule has 0 amide bonds. The zero-order valence-corrected chi connectivity index (χ0v) is 16.8. The lowest BCUT2D eigenvalue weighted by molar-refractivity contribution is 0.0697. The first kappa shape index (κ1) is 19.7. The Kier molecular flexibility index (Phi) is 5.58. The highest BCUT2D eigenvalue weighted by molar-refractivity contribution is 5.95. The van der Waals surface area contributed by atoms with Gasteiger partial charge in [-0.15, -0.1) is 0 Å². The van der Waals surface area contributed by atoms with E-state index in [1.54, 1.807) is 24.4 Å². The van der Waals surface area contributed by atoms with E-state index in [9.17, 15) is 9.90 Å². The highest BCUT2D eigenvalue weighted by Crippen LogP contribution is 2.24. The van der Waals surface area contributed by atoms with Crippen molar-refractivity contribution in [2.75, 3.05) is 0 Å². The van der Waals surface area contributed by atoms with Gasteiger partial charge < -0.3 is 5.11 Å². The van der Waals surface area contributed by atoms with Gasteiger partial charge in [0.15, 0.2) is 5.82 Å². The van der Waals surface area contributed by atoms with Crippen molar-refractivity contribution in [1.82, 2.24) is 19.7 Å². The summed E-state index contributed by atoms with van der Waals surface area (Å²) in [7, 11) is 0. The molecular weight excluding hydrogens is 352 g/mol. The molecule has 1 N–H and O–H groups in total. The van der Waals surface area contributed by atoms with E-state index in [4.69, 9.17) is 10.1 Å². The summed E-state index contributed by atoms with van der Waals surface area (Å²) in [5, 5.41) is 14.1. The molecule has 3 aromatic rings. The number of carboxylic acids is 1. The van der Waals surface area contributed by atoms with Crippen molar-refractivity contribution in [3.8, 4) is 11.1 Å². The van der Waals surface area contributed by atoms with Gasteiger partial charge in [-0.3, -0.25) is 4.98 Å². The Morgan fingerprint density at radius 1 is 1.14 bits per heavy atom. The van der Waals surface area contributed by atoms with Crippen LogP contribution in [0.1, 0.15) is 61.8 Å². The zero-order valence-electron chi connectivity index (χ0n) is 16.8. The topological polar surface area (TPSA) is 80.9 Å². The first-order valence-electron chi connectivity index (χ1n) is 9.51. The molecule has 146 valence electrons. The first-order valence-corrected chi connectivity index (χ1v) is 9.51. The Morgan fingerprint density at radius 2 is 1.89 bits per heavy atom. The van der Waals surface area contributed by atoms with Crippen molar-refractivity contribution in [2.45, 2.75) is 52.5 Å². The van der Waals surface area contributed by atoms with Crippen LogP contribution in [0, 0.1) is 0 Å². The number of benzene rings is 1. The summed E-state index contributed by atoms with van der Waals surface area (Å²) in [6.07, 6.45) is 3.59. The van der Waals surface area contributed by atoms with Crippen LogP contribution in [-0.4, -0.2) is 30.8 Å². The lowest BCUT2D eigenvalue weighted by Gasteiger charge is -2.12. The van der Waals surface area contributed by atoms with Crippen molar-refractivity contribution >= 4 is 5.97 Å². The maximum absolute atomic E-state index is 11.4. The number of rotatable bonds is 6. The fraction of sp³-hybridized carbons (Fsp3) is 0.364. The normalized spacial score (nSPS) is 11.6. The molecule has 0 aliphatic carbocycles. The van der Waals surface area contributed by atoms with Crippen LogP contribution in [0.4, 0.5) is 0 Å². The van der Waals surface area contributed by atoms with Gasteiger partial charge in [0, 0.05) is 23.6 Å². The Bertz CT molecular complexity index is 969. The molecule has 3 rings (SSSR count). The van der Waals surface area contributed by atoms with Crippen LogP contribution in [0.3, 0.4) is 0 Å². The number of hydrogen-bond acceptors (Lipinski definition) is 4. The van der Waals surface area contributed by atoms with E-state index in [1.807, 2.05) is 22.9 Å². The lowest BCUT2D eigenvalue weighted by Crippen LogP contribution is -2.14.